The van der Waals surface area contributed by atoms with Gasteiger partial charge in [0, 0.05) is 6.42 Å². The maximum atomic E-state index is 8.46. The van der Waals surface area contributed by atoms with Crippen LogP contribution >= 0.6 is 0 Å². The highest BCUT2D eigenvalue weighted by molar-refractivity contribution is 5.12. The van der Waals surface area contributed by atoms with E-state index in [0.29, 0.717) is 5.75 Å². The van der Waals surface area contributed by atoms with E-state index in [4.69, 9.17) is 9.84 Å². The Kier molecular flexibility index (Phi) is 3.47. The molecular weight excluding hydrogens is 156 g/mol. The molecule has 66 valence electrons. The smallest absolute Gasteiger partial charge is 0.156 e. The van der Waals surface area contributed by atoms with Gasteiger partial charge in [0.1, 0.15) is 12.4 Å². The molecule has 0 atom stereocenters. The fourth-order valence-electron chi connectivity index (χ4n) is 0.764. The summed E-state index contributed by atoms with van der Waals surface area (Å²) in [7, 11) is 0. The van der Waals surface area contributed by atoms with Gasteiger partial charge >= 0.3 is 0 Å². The standard InChI is InChI=1S/C8H12N2O2/c1-2-8-9-5-7(6-10-8)12-4-3-11/h5-6,11H,2-4H2,1H3. The van der Waals surface area contributed by atoms with E-state index in [1.807, 2.05) is 6.92 Å². The van der Waals surface area contributed by atoms with Crippen molar-refractivity contribution in [3.63, 3.8) is 0 Å². The van der Waals surface area contributed by atoms with E-state index in [-0.39, 0.29) is 13.2 Å². The molecular formula is C8H12N2O2. The van der Waals surface area contributed by atoms with Crippen LogP contribution in [0.5, 0.6) is 5.75 Å². The molecule has 0 unspecified atom stereocenters. The van der Waals surface area contributed by atoms with Gasteiger partial charge in [0.2, 0.25) is 0 Å². The third kappa shape index (κ3) is 2.47. The Balaban J connectivity index is 2.53. The molecule has 0 aliphatic carbocycles. The SMILES string of the molecule is CCc1ncc(OCCO)cn1. The summed E-state index contributed by atoms with van der Waals surface area (Å²) in [5, 5.41) is 8.46. The lowest BCUT2D eigenvalue weighted by Gasteiger charge is -2.02. The predicted molar refractivity (Wildman–Crippen MR) is 44.0 cm³/mol. The summed E-state index contributed by atoms with van der Waals surface area (Å²) in [4.78, 5) is 8.06. The summed E-state index contributed by atoms with van der Waals surface area (Å²) < 4.78 is 5.08. The Morgan fingerprint density at radius 1 is 1.42 bits per heavy atom. The van der Waals surface area contributed by atoms with Gasteiger partial charge in [-0.2, -0.15) is 0 Å². The van der Waals surface area contributed by atoms with Gasteiger partial charge < -0.3 is 9.84 Å². The summed E-state index contributed by atoms with van der Waals surface area (Å²) in [6.45, 7) is 2.29. The van der Waals surface area contributed by atoms with Crippen LogP contribution < -0.4 is 4.74 Å². The number of aliphatic hydroxyl groups is 1. The lowest BCUT2D eigenvalue weighted by molar-refractivity contribution is 0.200. The minimum atomic E-state index is 0.00945. The first kappa shape index (κ1) is 8.93. The molecule has 1 rings (SSSR count). The van der Waals surface area contributed by atoms with Crippen LogP contribution in [0.4, 0.5) is 0 Å². The average molecular weight is 168 g/mol. The fraction of sp³-hybridized carbons (Fsp3) is 0.500. The second-order valence-electron chi connectivity index (χ2n) is 2.26. The van der Waals surface area contributed by atoms with E-state index < -0.39 is 0 Å². The van der Waals surface area contributed by atoms with E-state index in [9.17, 15) is 0 Å². The molecule has 0 bridgehead atoms. The lowest BCUT2D eigenvalue weighted by Crippen LogP contribution is -2.03. The molecule has 4 heteroatoms. The third-order valence-electron chi connectivity index (χ3n) is 1.36. The van der Waals surface area contributed by atoms with Gasteiger partial charge in [-0.25, -0.2) is 9.97 Å². The minimum Gasteiger partial charge on any atom is -0.488 e. The van der Waals surface area contributed by atoms with Gasteiger partial charge in [-0.3, -0.25) is 0 Å². The zero-order valence-electron chi connectivity index (χ0n) is 7.03. The first-order valence-electron chi connectivity index (χ1n) is 3.91. The van der Waals surface area contributed by atoms with Gasteiger partial charge in [-0.15, -0.1) is 0 Å². The maximum Gasteiger partial charge on any atom is 0.156 e. The van der Waals surface area contributed by atoms with Crippen LogP contribution in [0.2, 0.25) is 0 Å². The Hall–Kier alpha value is -1.16. The maximum absolute atomic E-state index is 8.46. The number of aromatic nitrogens is 2. The summed E-state index contributed by atoms with van der Waals surface area (Å²) in [5.74, 6) is 1.40. The van der Waals surface area contributed by atoms with Gasteiger partial charge in [0.05, 0.1) is 19.0 Å². The lowest BCUT2D eigenvalue weighted by atomic mass is 10.4. The number of hydrogen-bond donors (Lipinski definition) is 1. The molecule has 1 heterocycles. The summed E-state index contributed by atoms with van der Waals surface area (Å²) in [6.07, 6.45) is 4.04. The van der Waals surface area contributed by atoms with E-state index in [1.54, 1.807) is 12.4 Å². The number of aliphatic hydroxyl groups excluding tert-OH is 1. The molecule has 1 aromatic rings. The Labute approximate surface area is 71.2 Å². The topological polar surface area (TPSA) is 55.2 Å². The van der Waals surface area contributed by atoms with Gasteiger partial charge in [-0.1, -0.05) is 6.92 Å². The Morgan fingerprint density at radius 3 is 2.58 bits per heavy atom. The Morgan fingerprint density at radius 2 is 2.08 bits per heavy atom. The molecule has 0 aliphatic rings. The van der Waals surface area contributed by atoms with E-state index in [2.05, 4.69) is 9.97 Å². The summed E-state index contributed by atoms with van der Waals surface area (Å²) in [6, 6.07) is 0. The van der Waals surface area contributed by atoms with Crippen molar-refractivity contribution < 1.29 is 9.84 Å². The average Bonchev–Trinajstić information content (AvgIpc) is 2.15. The van der Waals surface area contributed by atoms with Crippen molar-refractivity contribution in [2.75, 3.05) is 13.2 Å². The molecule has 0 saturated heterocycles. The molecule has 1 aromatic heterocycles. The monoisotopic (exact) mass is 168 g/mol. The molecule has 0 fully saturated rings. The molecule has 0 spiro atoms. The largest absolute Gasteiger partial charge is 0.488 e. The number of rotatable bonds is 4. The molecule has 0 radical (unpaired) electrons. The van der Waals surface area contributed by atoms with Crippen molar-refractivity contribution in [2.45, 2.75) is 13.3 Å². The van der Waals surface area contributed by atoms with Gasteiger partial charge in [-0.05, 0) is 0 Å². The van der Waals surface area contributed by atoms with Crippen molar-refractivity contribution in [3.8, 4) is 5.75 Å². The summed E-state index contributed by atoms with van der Waals surface area (Å²) in [5.41, 5.74) is 0. The first-order valence-corrected chi connectivity index (χ1v) is 3.91. The second kappa shape index (κ2) is 4.66. The van der Waals surface area contributed by atoms with Crippen LogP contribution in [-0.2, 0) is 6.42 Å². The van der Waals surface area contributed by atoms with Crippen molar-refractivity contribution in [1.82, 2.24) is 9.97 Å². The normalized spacial score (nSPS) is 9.83. The molecule has 0 aliphatic heterocycles. The molecule has 0 saturated carbocycles. The molecule has 1 N–H and O–H groups in total. The predicted octanol–water partition coefficient (Wildman–Crippen LogP) is 0.410. The highest BCUT2D eigenvalue weighted by Gasteiger charge is 1.94. The van der Waals surface area contributed by atoms with Gasteiger partial charge in [0.15, 0.2) is 5.75 Å². The van der Waals surface area contributed by atoms with E-state index >= 15 is 0 Å². The fourth-order valence-corrected chi connectivity index (χ4v) is 0.764. The van der Waals surface area contributed by atoms with Gasteiger partial charge in [0.25, 0.3) is 0 Å². The van der Waals surface area contributed by atoms with Crippen LogP contribution in [0.15, 0.2) is 12.4 Å². The number of hydrogen-bond acceptors (Lipinski definition) is 4. The molecule has 0 amide bonds. The zero-order valence-corrected chi connectivity index (χ0v) is 7.03. The quantitative estimate of drug-likeness (QED) is 0.707. The number of aryl methyl sites for hydroxylation is 1. The molecule has 12 heavy (non-hydrogen) atoms. The first-order chi connectivity index (χ1) is 5.86. The summed E-state index contributed by atoms with van der Waals surface area (Å²) >= 11 is 0. The van der Waals surface area contributed by atoms with Crippen molar-refractivity contribution in [3.05, 3.63) is 18.2 Å². The van der Waals surface area contributed by atoms with Crippen molar-refractivity contribution >= 4 is 0 Å². The van der Waals surface area contributed by atoms with E-state index in [0.717, 1.165) is 12.2 Å². The second-order valence-corrected chi connectivity index (χ2v) is 2.26. The zero-order chi connectivity index (χ0) is 8.81. The van der Waals surface area contributed by atoms with E-state index in [1.165, 1.54) is 0 Å². The van der Waals surface area contributed by atoms with Crippen molar-refractivity contribution in [2.24, 2.45) is 0 Å². The Bertz CT molecular complexity index is 223. The highest BCUT2D eigenvalue weighted by atomic mass is 16.5. The van der Waals surface area contributed by atoms with Crippen LogP contribution in [0.3, 0.4) is 0 Å². The van der Waals surface area contributed by atoms with Crippen molar-refractivity contribution in [1.29, 1.82) is 0 Å². The third-order valence-corrected chi connectivity index (χ3v) is 1.36. The molecule has 4 nitrogen and oxygen atoms in total. The van der Waals surface area contributed by atoms with Crippen LogP contribution in [0.1, 0.15) is 12.7 Å². The number of nitrogens with zero attached hydrogens (tertiary/aromatic N) is 2. The van der Waals surface area contributed by atoms with Crippen LogP contribution in [-0.4, -0.2) is 28.3 Å². The highest BCUT2D eigenvalue weighted by Crippen LogP contribution is 2.05. The minimum absolute atomic E-state index is 0.00945. The molecule has 0 aromatic carbocycles. The number of ether oxygens (including phenoxy) is 1. The van der Waals surface area contributed by atoms with Crippen LogP contribution in [0, 0.1) is 0 Å². The van der Waals surface area contributed by atoms with Crippen LogP contribution in [0.25, 0.3) is 0 Å².